The molecule has 0 unspecified atom stereocenters. The molecule has 0 aliphatic carbocycles. The molecule has 2 nitrogen and oxygen atoms in total. The number of rotatable bonds is 10. The monoisotopic (exact) mass is 267 g/mol. The summed E-state index contributed by atoms with van der Waals surface area (Å²) < 4.78 is 18.6. The molecule has 0 amide bonds. The second-order valence-electron chi connectivity index (χ2n) is 4.92. The van der Waals surface area contributed by atoms with Gasteiger partial charge in [0.05, 0.1) is 6.61 Å². The molecule has 1 aromatic carbocycles. The minimum Gasteiger partial charge on any atom is -0.493 e. The van der Waals surface area contributed by atoms with Crippen molar-refractivity contribution in [3.8, 4) is 5.75 Å². The summed E-state index contributed by atoms with van der Waals surface area (Å²) in [6.07, 6.45) is 5.92. The first-order valence-corrected chi connectivity index (χ1v) is 7.33. The predicted molar refractivity (Wildman–Crippen MR) is 78.3 cm³/mol. The van der Waals surface area contributed by atoms with Crippen LogP contribution < -0.4 is 10.1 Å². The van der Waals surface area contributed by atoms with E-state index in [1.165, 1.54) is 37.8 Å². The molecular formula is C16H26FNO. The molecule has 0 aromatic heterocycles. The lowest BCUT2D eigenvalue weighted by Crippen LogP contribution is -2.15. The molecule has 1 rings (SSSR count). The molecule has 0 saturated carbocycles. The lowest BCUT2D eigenvalue weighted by atomic mass is 10.2. The Morgan fingerprint density at radius 1 is 1.11 bits per heavy atom. The maximum absolute atomic E-state index is 12.9. The third-order valence-electron chi connectivity index (χ3n) is 3.07. The lowest BCUT2D eigenvalue weighted by Gasteiger charge is -2.09. The van der Waals surface area contributed by atoms with E-state index in [1.807, 2.05) is 6.92 Å². The zero-order valence-electron chi connectivity index (χ0n) is 12.2. The fraction of sp³-hybridized carbons (Fsp3) is 0.625. The van der Waals surface area contributed by atoms with E-state index >= 15 is 0 Å². The number of aryl methyl sites for hydroxylation is 1. The maximum Gasteiger partial charge on any atom is 0.123 e. The van der Waals surface area contributed by atoms with Crippen molar-refractivity contribution in [1.82, 2.24) is 5.32 Å². The SMILES string of the molecule is CCCNCCCCCCOc1ccc(F)cc1C. The van der Waals surface area contributed by atoms with E-state index in [2.05, 4.69) is 12.2 Å². The van der Waals surface area contributed by atoms with Crippen LogP contribution in [0.3, 0.4) is 0 Å². The molecule has 0 aliphatic rings. The second-order valence-corrected chi connectivity index (χ2v) is 4.92. The largest absolute Gasteiger partial charge is 0.493 e. The molecular weight excluding hydrogens is 241 g/mol. The van der Waals surface area contributed by atoms with Crippen molar-refractivity contribution in [2.24, 2.45) is 0 Å². The van der Waals surface area contributed by atoms with Crippen LogP contribution in [0, 0.1) is 12.7 Å². The van der Waals surface area contributed by atoms with Crippen molar-refractivity contribution in [2.75, 3.05) is 19.7 Å². The predicted octanol–water partition coefficient (Wildman–Crippen LogP) is 4.07. The maximum atomic E-state index is 12.9. The summed E-state index contributed by atoms with van der Waals surface area (Å²) in [5.74, 6) is 0.593. The van der Waals surface area contributed by atoms with Gasteiger partial charge >= 0.3 is 0 Å². The van der Waals surface area contributed by atoms with Gasteiger partial charge in [0.15, 0.2) is 0 Å². The second kappa shape index (κ2) is 9.79. The molecule has 1 aromatic rings. The Balaban J connectivity index is 2.01. The van der Waals surface area contributed by atoms with Crippen LogP contribution in [0.4, 0.5) is 4.39 Å². The average Bonchev–Trinajstić information content (AvgIpc) is 2.39. The van der Waals surface area contributed by atoms with Crippen molar-refractivity contribution >= 4 is 0 Å². The van der Waals surface area contributed by atoms with Crippen LogP contribution in [0.25, 0.3) is 0 Å². The van der Waals surface area contributed by atoms with Gasteiger partial charge in [-0.25, -0.2) is 4.39 Å². The van der Waals surface area contributed by atoms with Gasteiger partial charge in [-0.1, -0.05) is 19.8 Å². The molecule has 3 heteroatoms. The number of nitrogens with one attached hydrogen (secondary N) is 1. The third kappa shape index (κ3) is 7.16. The van der Waals surface area contributed by atoms with Crippen molar-refractivity contribution in [1.29, 1.82) is 0 Å². The minimum atomic E-state index is -0.204. The van der Waals surface area contributed by atoms with Gasteiger partial charge in [0.2, 0.25) is 0 Å². The normalized spacial score (nSPS) is 10.7. The number of unbranched alkanes of at least 4 members (excludes halogenated alkanes) is 3. The molecule has 0 fully saturated rings. The highest BCUT2D eigenvalue weighted by molar-refractivity contribution is 5.32. The van der Waals surface area contributed by atoms with Crippen LogP contribution in [-0.4, -0.2) is 19.7 Å². The Morgan fingerprint density at radius 2 is 1.89 bits per heavy atom. The lowest BCUT2D eigenvalue weighted by molar-refractivity contribution is 0.302. The summed E-state index contributed by atoms with van der Waals surface area (Å²) in [5.41, 5.74) is 0.865. The van der Waals surface area contributed by atoms with E-state index in [4.69, 9.17) is 4.74 Å². The first kappa shape index (κ1) is 16.0. The molecule has 19 heavy (non-hydrogen) atoms. The fourth-order valence-corrected chi connectivity index (χ4v) is 1.96. The Hall–Kier alpha value is -1.09. The Kier molecular flexibility index (Phi) is 8.23. The molecule has 0 saturated heterocycles. The van der Waals surface area contributed by atoms with Gasteiger partial charge in [-0.15, -0.1) is 0 Å². The summed E-state index contributed by atoms with van der Waals surface area (Å²) in [6.45, 7) is 7.01. The van der Waals surface area contributed by atoms with Gasteiger partial charge in [-0.05, 0) is 63.0 Å². The Bertz CT molecular complexity index is 355. The summed E-state index contributed by atoms with van der Waals surface area (Å²) in [5, 5.41) is 3.40. The molecule has 0 atom stereocenters. The van der Waals surface area contributed by atoms with Crippen molar-refractivity contribution in [2.45, 2.75) is 46.0 Å². The Morgan fingerprint density at radius 3 is 2.63 bits per heavy atom. The molecule has 0 bridgehead atoms. The van der Waals surface area contributed by atoms with Crippen LogP contribution >= 0.6 is 0 Å². The summed E-state index contributed by atoms with van der Waals surface area (Å²) in [4.78, 5) is 0. The zero-order chi connectivity index (χ0) is 13.9. The first-order valence-electron chi connectivity index (χ1n) is 7.33. The number of hydrogen-bond donors (Lipinski definition) is 1. The minimum absolute atomic E-state index is 0.204. The van der Waals surface area contributed by atoms with E-state index < -0.39 is 0 Å². The van der Waals surface area contributed by atoms with Crippen molar-refractivity contribution < 1.29 is 9.13 Å². The van der Waals surface area contributed by atoms with Crippen LogP contribution in [0.5, 0.6) is 5.75 Å². The molecule has 108 valence electrons. The van der Waals surface area contributed by atoms with Gasteiger partial charge in [-0.3, -0.25) is 0 Å². The highest BCUT2D eigenvalue weighted by Gasteiger charge is 2.00. The zero-order valence-corrected chi connectivity index (χ0v) is 12.2. The van der Waals surface area contributed by atoms with E-state index in [-0.39, 0.29) is 5.82 Å². The third-order valence-corrected chi connectivity index (χ3v) is 3.07. The summed E-state index contributed by atoms with van der Waals surface area (Å²) >= 11 is 0. The van der Waals surface area contributed by atoms with Crippen LogP contribution in [-0.2, 0) is 0 Å². The van der Waals surface area contributed by atoms with Crippen LogP contribution in [0.2, 0.25) is 0 Å². The average molecular weight is 267 g/mol. The highest BCUT2D eigenvalue weighted by Crippen LogP contribution is 2.18. The Labute approximate surface area is 116 Å². The first-order chi connectivity index (χ1) is 9.24. The quantitative estimate of drug-likeness (QED) is 0.645. The molecule has 0 aliphatic heterocycles. The number of benzene rings is 1. The van der Waals surface area contributed by atoms with E-state index in [1.54, 1.807) is 6.07 Å². The summed E-state index contributed by atoms with van der Waals surface area (Å²) in [6, 6.07) is 4.66. The van der Waals surface area contributed by atoms with Gasteiger partial charge < -0.3 is 10.1 Å². The van der Waals surface area contributed by atoms with Gasteiger partial charge in [0, 0.05) is 0 Å². The molecule has 0 heterocycles. The van der Waals surface area contributed by atoms with E-state index in [0.29, 0.717) is 0 Å². The van der Waals surface area contributed by atoms with Gasteiger partial charge in [0.1, 0.15) is 11.6 Å². The molecule has 1 N–H and O–H groups in total. The summed E-state index contributed by atoms with van der Waals surface area (Å²) in [7, 11) is 0. The fourth-order valence-electron chi connectivity index (χ4n) is 1.96. The van der Waals surface area contributed by atoms with E-state index in [9.17, 15) is 4.39 Å². The van der Waals surface area contributed by atoms with Gasteiger partial charge in [-0.2, -0.15) is 0 Å². The van der Waals surface area contributed by atoms with Gasteiger partial charge in [0.25, 0.3) is 0 Å². The topological polar surface area (TPSA) is 21.3 Å². The number of ether oxygens (including phenoxy) is 1. The standard InChI is InChI=1S/C16H26FNO/c1-3-10-18-11-6-4-5-7-12-19-16-9-8-15(17)13-14(16)2/h8-9,13,18H,3-7,10-12H2,1-2H3. The smallest absolute Gasteiger partial charge is 0.123 e. The molecule has 0 radical (unpaired) electrons. The highest BCUT2D eigenvalue weighted by atomic mass is 19.1. The van der Waals surface area contributed by atoms with Crippen molar-refractivity contribution in [3.05, 3.63) is 29.6 Å². The van der Waals surface area contributed by atoms with Crippen LogP contribution in [0.1, 0.15) is 44.6 Å². The number of hydrogen-bond acceptors (Lipinski definition) is 2. The number of halogens is 1. The van der Waals surface area contributed by atoms with Crippen LogP contribution in [0.15, 0.2) is 18.2 Å². The van der Waals surface area contributed by atoms with E-state index in [0.717, 1.165) is 37.4 Å². The van der Waals surface area contributed by atoms with Crippen molar-refractivity contribution in [3.63, 3.8) is 0 Å². The molecule has 0 spiro atoms.